The van der Waals surface area contributed by atoms with Crippen molar-refractivity contribution in [3.8, 4) is 0 Å². The van der Waals surface area contributed by atoms with Crippen LogP contribution >= 0.6 is 0 Å². The standard InChI is InChI=1S/C10H15NO3/c12-7-11(8-3-4-8)10(9(13)14)5-1-2-6-10/h7-8H,1-6H2,(H,13,14). The number of aliphatic carboxylic acids is 1. The fourth-order valence-electron chi connectivity index (χ4n) is 2.43. The van der Waals surface area contributed by atoms with E-state index in [1.165, 1.54) is 0 Å². The number of rotatable bonds is 4. The quantitative estimate of drug-likeness (QED) is 0.684. The highest BCUT2D eigenvalue weighted by molar-refractivity contribution is 5.82. The molecule has 78 valence electrons. The molecule has 0 atom stereocenters. The molecule has 2 aliphatic carbocycles. The zero-order valence-corrected chi connectivity index (χ0v) is 8.11. The van der Waals surface area contributed by atoms with Crippen molar-refractivity contribution in [3.05, 3.63) is 0 Å². The normalized spacial score (nSPS) is 24.6. The third kappa shape index (κ3) is 1.29. The van der Waals surface area contributed by atoms with Gasteiger partial charge in [0.2, 0.25) is 6.41 Å². The summed E-state index contributed by atoms with van der Waals surface area (Å²) >= 11 is 0. The third-order valence-electron chi connectivity index (χ3n) is 3.38. The Kier molecular flexibility index (Phi) is 2.21. The summed E-state index contributed by atoms with van der Waals surface area (Å²) in [5, 5.41) is 9.24. The fraction of sp³-hybridized carbons (Fsp3) is 0.800. The summed E-state index contributed by atoms with van der Waals surface area (Å²) in [6.07, 6.45) is 5.75. The van der Waals surface area contributed by atoms with Gasteiger partial charge in [0.15, 0.2) is 0 Å². The first-order valence-corrected chi connectivity index (χ1v) is 5.18. The monoisotopic (exact) mass is 197 g/mol. The van der Waals surface area contributed by atoms with E-state index in [9.17, 15) is 14.7 Å². The minimum atomic E-state index is -0.872. The molecule has 0 aromatic heterocycles. The Hall–Kier alpha value is -1.06. The average Bonchev–Trinajstić information content (AvgIpc) is 2.84. The molecular weight excluding hydrogens is 182 g/mol. The molecule has 2 rings (SSSR count). The molecule has 2 aliphatic rings. The maximum absolute atomic E-state index is 11.3. The number of carbonyl (C=O) groups is 2. The Morgan fingerprint density at radius 2 is 1.93 bits per heavy atom. The lowest BCUT2D eigenvalue weighted by atomic mass is 9.95. The van der Waals surface area contributed by atoms with Crippen LogP contribution in [0.15, 0.2) is 0 Å². The van der Waals surface area contributed by atoms with Gasteiger partial charge in [0.25, 0.3) is 0 Å². The van der Waals surface area contributed by atoms with Gasteiger partial charge in [-0.2, -0.15) is 0 Å². The second-order valence-electron chi connectivity index (χ2n) is 4.29. The Morgan fingerprint density at radius 1 is 1.36 bits per heavy atom. The number of hydrogen-bond acceptors (Lipinski definition) is 2. The molecule has 0 radical (unpaired) electrons. The number of nitrogens with zero attached hydrogens (tertiary/aromatic N) is 1. The largest absolute Gasteiger partial charge is 0.479 e. The summed E-state index contributed by atoms with van der Waals surface area (Å²) in [7, 11) is 0. The van der Waals surface area contributed by atoms with Crippen LogP contribution in [-0.4, -0.2) is 34.0 Å². The molecule has 0 bridgehead atoms. The van der Waals surface area contributed by atoms with Crippen LogP contribution in [0.4, 0.5) is 0 Å². The van der Waals surface area contributed by atoms with Crippen LogP contribution in [0.1, 0.15) is 38.5 Å². The van der Waals surface area contributed by atoms with Crippen molar-refractivity contribution in [3.63, 3.8) is 0 Å². The molecule has 0 spiro atoms. The van der Waals surface area contributed by atoms with Crippen LogP contribution in [0.5, 0.6) is 0 Å². The van der Waals surface area contributed by atoms with E-state index in [0.717, 1.165) is 32.1 Å². The summed E-state index contributed by atoms with van der Waals surface area (Å²) in [5.41, 5.74) is -0.872. The maximum atomic E-state index is 11.3. The Balaban J connectivity index is 2.23. The van der Waals surface area contributed by atoms with Crippen LogP contribution in [0.2, 0.25) is 0 Å². The van der Waals surface area contributed by atoms with E-state index in [0.29, 0.717) is 12.8 Å². The van der Waals surface area contributed by atoms with Gasteiger partial charge < -0.3 is 10.0 Å². The summed E-state index contributed by atoms with van der Waals surface area (Å²) in [6.45, 7) is 0. The third-order valence-corrected chi connectivity index (χ3v) is 3.38. The van der Waals surface area contributed by atoms with Gasteiger partial charge in [0, 0.05) is 6.04 Å². The zero-order chi connectivity index (χ0) is 10.2. The van der Waals surface area contributed by atoms with E-state index in [1.807, 2.05) is 0 Å². The number of carboxylic acids is 1. The second kappa shape index (κ2) is 3.26. The van der Waals surface area contributed by atoms with Crippen LogP contribution < -0.4 is 0 Å². The first-order chi connectivity index (χ1) is 6.70. The Labute approximate surface area is 82.9 Å². The predicted molar refractivity (Wildman–Crippen MR) is 49.8 cm³/mol. The van der Waals surface area contributed by atoms with Gasteiger partial charge >= 0.3 is 5.97 Å². The molecule has 4 heteroatoms. The highest BCUT2D eigenvalue weighted by atomic mass is 16.4. The molecule has 0 aliphatic heterocycles. The Bertz CT molecular complexity index is 254. The second-order valence-corrected chi connectivity index (χ2v) is 4.29. The number of hydrogen-bond donors (Lipinski definition) is 1. The molecule has 0 saturated heterocycles. The SMILES string of the molecule is O=CN(C1CC1)C1(C(=O)O)CCCC1. The fourth-order valence-corrected chi connectivity index (χ4v) is 2.43. The summed E-state index contributed by atoms with van der Waals surface area (Å²) in [5.74, 6) is -0.825. The molecule has 0 aromatic rings. The van der Waals surface area contributed by atoms with Gasteiger partial charge in [-0.15, -0.1) is 0 Å². The molecule has 0 heterocycles. The molecular formula is C10H15NO3. The van der Waals surface area contributed by atoms with Gasteiger partial charge in [0.1, 0.15) is 5.54 Å². The van der Waals surface area contributed by atoms with Crippen LogP contribution in [0.3, 0.4) is 0 Å². The van der Waals surface area contributed by atoms with Gasteiger partial charge in [-0.1, -0.05) is 12.8 Å². The molecule has 1 amide bonds. The average molecular weight is 197 g/mol. The van der Waals surface area contributed by atoms with Crippen molar-refractivity contribution in [1.29, 1.82) is 0 Å². The lowest BCUT2D eigenvalue weighted by molar-refractivity contribution is -0.155. The van der Waals surface area contributed by atoms with Gasteiger partial charge in [-0.3, -0.25) is 4.79 Å². The van der Waals surface area contributed by atoms with Crippen LogP contribution in [0, 0.1) is 0 Å². The lowest BCUT2D eigenvalue weighted by Crippen LogP contribution is -2.53. The highest BCUT2D eigenvalue weighted by Gasteiger charge is 2.50. The number of amides is 1. The van der Waals surface area contributed by atoms with Crippen molar-refractivity contribution in [2.45, 2.75) is 50.1 Å². The molecule has 4 nitrogen and oxygen atoms in total. The van der Waals surface area contributed by atoms with E-state index >= 15 is 0 Å². The van der Waals surface area contributed by atoms with Crippen molar-refractivity contribution < 1.29 is 14.7 Å². The maximum Gasteiger partial charge on any atom is 0.329 e. The molecule has 0 aromatic carbocycles. The van der Waals surface area contributed by atoms with E-state index in [4.69, 9.17) is 0 Å². The zero-order valence-electron chi connectivity index (χ0n) is 8.11. The molecule has 2 fully saturated rings. The number of carboxylic acid groups (broad SMARTS) is 1. The summed E-state index contributed by atoms with van der Waals surface area (Å²) in [6, 6.07) is 0.196. The van der Waals surface area contributed by atoms with Crippen molar-refractivity contribution in [2.24, 2.45) is 0 Å². The Morgan fingerprint density at radius 3 is 2.29 bits per heavy atom. The van der Waals surface area contributed by atoms with Crippen LogP contribution in [-0.2, 0) is 9.59 Å². The van der Waals surface area contributed by atoms with E-state index < -0.39 is 11.5 Å². The summed E-state index contributed by atoms with van der Waals surface area (Å²) in [4.78, 5) is 23.8. The lowest BCUT2D eigenvalue weighted by Gasteiger charge is -2.35. The number of carbonyl (C=O) groups excluding carboxylic acids is 1. The van der Waals surface area contributed by atoms with Crippen molar-refractivity contribution in [2.75, 3.05) is 0 Å². The minimum Gasteiger partial charge on any atom is -0.479 e. The molecule has 1 N–H and O–H groups in total. The van der Waals surface area contributed by atoms with Gasteiger partial charge in [-0.05, 0) is 25.7 Å². The van der Waals surface area contributed by atoms with E-state index in [-0.39, 0.29) is 6.04 Å². The minimum absolute atomic E-state index is 0.196. The highest BCUT2D eigenvalue weighted by Crippen LogP contribution is 2.41. The van der Waals surface area contributed by atoms with Gasteiger partial charge in [0.05, 0.1) is 0 Å². The molecule has 14 heavy (non-hydrogen) atoms. The van der Waals surface area contributed by atoms with Crippen molar-refractivity contribution in [1.82, 2.24) is 4.90 Å². The van der Waals surface area contributed by atoms with E-state index in [2.05, 4.69) is 0 Å². The van der Waals surface area contributed by atoms with Crippen LogP contribution in [0.25, 0.3) is 0 Å². The molecule has 2 saturated carbocycles. The van der Waals surface area contributed by atoms with Crippen molar-refractivity contribution >= 4 is 12.4 Å². The molecule has 0 unspecified atom stereocenters. The first kappa shape index (κ1) is 9.49. The first-order valence-electron chi connectivity index (χ1n) is 5.18. The predicted octanol–water partition coefficient (Wildman–Crippen LogP) is 1.00. The topological polar surface area (TPSA) is 57.6 Å². The summed E-state index contributed by atoms with van der Waals surface area (Å²) < 4.78 is 0. The smallest absolute Gasteiger partial charge is 0.329 e. The van der Waals surface area contributed by atoms with Gasteiger partial charge in [-0.25, -0.2) is 4.79 Å². The van der Waals surface area contributed by atoms with E-state index in [1.54, 1.807) is 4.90 Å².